The number of nitrogens with zero attached hydrogens (tertiary/aromatic N) is 2. The lowest BCUT2D eigenvalue weighted by molar-refractivity contribution is 0.0765. The van der Waals surface area contributed by atoms with Crippen LogP contribution in [0.1, 0.15) is 16.8 Å². The molecule has 0 saturated carbocycles. The summed E-state index contributed by atoms with van der Waals surface area (Å²) in [6, 6.07) is 2.99. The molecule has 6 heteroatoms. The summed E-state index contributed by atoms with van der Waals surface area (Å²) in [5.41, 5.74) is 0.938. The Morgan fingerprint density at radius 3 is 2.70 bits per heavy atom. The number of alkyl halides is 1. The van der Waals surface area contributed by atoms with Crippen LogP contribution in [-0.4, -0.2) is 50.0 Å². The number of aliphatic imine (C=N–C) groups is 1. The zero-order valence-electron chi connectivity index (χ0n) is 11.3. The largest absolute Gasteiger partial charge is 0.493 e. The van der Waals surface area contributed by atoms with Crippen LogP contribution in [0.15, 0.2) is 17.1 Å². The van der Waals surface area contributed by atoms with Gasteiger partial charge in [0.05, 0.1) is 38.1 Å². The van der Waals surface area contributed by atoms with Gasteiger partial charge in [0, 0.05) is 18.7 Å². The third-order valence-corrected chi connectivity index (χ3v) is 3.67. The van der Waals surface area contributed by atoms with E-state index in [1.165, 1.54) is 19.1 Å². The molecule has 1 unspecified atom stereocenters. The first-order valence-electron chi connectivity index (χ1n) is 6.39. The second kappa shape index (κ2) is 4.77. The van der Waals surface area contributed by atoms with Crippen LogP contribution < -0.4 is 9.47 Å². The van der Waals surface area contributed by atoms with Crippen molar-refractivity contribution in [2.24, 2.45) is 4.99 Å². The SMILES string of the molecule is COc1cc2c(cc1OC)C(=O)N1C[C@@H](F)CC1C=N2. The number of hydrogen-bond acceptors (Lipinski definition) is 4. The molecule has 2 aliphatic heterocycles. The third kappa shape index (κ3) is 1.92. The highest BCUT2D eigenvalue weighted by atomic mass is 19.1. The molecular formula is C14H15FN2O3. The van der Waals surface area contributed by atoms with Crippen LogP contribution in [0.5, 0.6) is 11.5 Å². The Labute approximate surface area is 116 Å². The Balaban J connectivity index is 2.08. The molecule has 0 spiro atoms. The van der Waals surface area contributed by atoms with Crippen LogP contribution in [0.4, 0.5) is 10.1 Å². The predicted molar refractivity (Wildman–Crippen MR) is 72.0 cm³/mol. The normalized spacial score (nSPS) is 24.1. The van der Waals surface area contributed by atoms with Gasteiger partial charge in [-0.05, 0) is 6.07 Å². The van der Waals surface area contributed by atoms with Gasteiger partial charge in [-0.1, -0.05) is 0 Å². The number of hydrogen-bond donors (Lipinski definition) is 0. The standard InChI is InChI=1S/C14H15FN2O3/c1-19-12-4-10-11(5-13(12)20-2)16-6-9-3-8(15)7-17(9)14(10)18/h4-6,8-9H,3,7H2,1-2H3/t8-,9?/m0/s1. The third-order valence-electron chi connectivity index (χ3n) is 3.67. The van der Waals surface area contributed by atoms with E-state index < -0.39 is 6.17 Å². The Morgan fingerprint density at radius 1 is 1.30 bits per heavy atom. The number of methoxy groups -OCH3 is 2. The van der Waals surface area contributed by atoms with Crippen molar-refractivity contribution < 1.29 is 18.7 Å². The lowest BCUT2D eigenvalue weighted by Crippen LogP contribution is -2.35. The number of benzene rings is 1. The Kier molecular flexibility index (Phi) is 3.08. The summed E-state index contributed by atoms with van der Waals surface area (Å²) in [6.45, 7) is 0.114. The molecule has 1 aromatic carbocycles. The summed E-state index contributed by atoms with van der Waals surface area (Å²) in [5.74, 6) is 0.759. The van der Waals surface area contributed by atoms with Crippen molar-refractivity contribution in [1.82, 2.24) is 4.90 Å². The zero-order valence-corrected chi connectivity index (χ0v) is 11.3. The van der Waals surface area contributed by atoms with E-state index in [1.807, 2.05) is 0 Å². The number of carbonyl (C=O) groups excluding carboxylic acids is 1. The Bertz CT molecular complexity index is 588. The fourth-order valence-electron chi connectivity index (χ4n) is 2.65. The molecule has 1 amide bonds. The average molecular weight is 278 g/mol. The number of ether oxygens (including phenoxy) is 2. The van der Waals surface area contributed by atoms with Gasteiger partial charge in [-0.2, -0.15) is 0 Å². The van der Waals surface area contributed by atoms with Crippen LogP contribution in [0.25, 0.3) is 0 Å². The van der Waals surface area contributed by atoms with Crippen molar-refractivity contribution in [1.29, 1.82) is 0 Å². The number of amides is 1. The van der Waals surface area contributed by atoms with E-state index in [0.717, 1.165) is 0 Å². The minimum Gasteiger partial charge on any atom is -0.493 e. The first-order chi connectivity index (χ1) is 9.63. The molecule has 0 aromatic heterocycles. The van der Waals surface area contributed by atoms with E-state index in [9.17, 15) is 9.18 Å². The summed E-state index contributed by atoms with van der Waals surface area (Å²) in [4.78, 5) is 18.3. The van der Waals surface area contributed by atoms with Crippen LogP contribution in [0.2, 0.25) is 0 Å². The minimum atomic E-state index is -0.989. The fourth-order valence-corrected chi connectivity index (χ4v) is 2.65. The quantitative estimate of drug-likeness (QED) is 0.831. The van der Waals surface area contributed by atoms with E-state index in [1.54, 1.807) is 18.3 Å². The maximum atomic E-state index is 13.5. The molecule has 0 aliphatic carbocycles. The molecule has 0 N–H and O–H groups in total. The molecule has 2 aliphatic rings. The van der Waals surface area contributed by atoms with Gasteiger partial charge in [0.25, 0.3) is 5.91 Å². The summed E-state index contributed by atoms with van der Waals surface area (Å²) >= 11 is 0. The van der Waals surface area contributed by atoms with Crippen LogP contribution >= 0.6 is 0 Å². The second-order valence-electron chi connectivity index (χ2n) is 4.86. The Hall–Kier alpha value is -2.11. The molecule has 0 radical (unpaired) electrons. The molecule has 1 saturated heterocycles. The maximum absolute atomic E-state index is 13.5. The van der Waals surface area contributed by atoms with Crippen LogP contribution in [0, 0.1) is 0 Å². The van der Waals surface area contributed by atoms with Crippen molar-refractivity contribution in [3.63, 3.8) is 0 Å². The first kappa shape index (κ1) is 12.9. The van der Waals surface area contributed by atoms with Gasteiger partial charge in [0.15, 0.2) is 11.5 Å². The van der Waals surface area contributed by atoms with E-state index >= 15 is 0 Å². The van der Waals surface area contributed by atoms with Gasteiger partial charge in [-0.25, -0.2) is 4.39 Å². The number of halogens is 1. The van der Waals surface area contributed by atoms with E-state index in [4.69, 9.17) is 9.47 Å². The highest BCUT2D eigenvalue weighted by molar-refractivity contribution is 6.03. The monoisotopic (exact) mass is 278 g/mol. The van der Waals surface area contributed by atoms with E-state index in [2.05, 4.69) is 4.99 Å². The molecule has 1 fully saturated rings. The Morgan fingerprint density at radius 2 is 2.00 bits per heavy atom. The number of carbonyl (C=O) groups is 1. The molecule has 3 rings (SSSR count). The fraction of sp³-hybridized carbons (Fsp3) is 0.429. The maximum Gasteiger partial charge on any atom is 0.256 e. The van der Waals surface area contributed by atoms with E-state index in [0.29, 0.717) is 29.2 Å². The zero-order chi connectivity index (χ0) is 14.3. The van der Waals surface area contributed by atoms with Gasteiger partial charge in [-0.15, -0.1) is 0 Å². The first-order valence-corrected chi connectivity index (χ1v) is 6.39. The van der Waals surface area contributed by atoms with Gasteiger partial charge in [-0.3, -0.25) is 9.79 Å². The van der Waals surface area contributed by atoms with Gasteiger partial charge in [0.2, 0.25) is 0 Å². The summed E-state index contributed by atoms with van der Waals surface area (Å²) in [5, 5.41) is 0. The van der Waals surface area contributed by atoms with Crippen molar-refractivity contribution in [2.75, 3.05) is 20.8 Å². The highest BCUT2D eigenvalue weighted by Crippen LogP contribution is 2.37. The van der Waals surface area contributed by atoms with E-state index in [-0.39, 0.29) is 18.5 Å². The van der Waals surface area contributed by atoms with Crippen molar-refractivity contribution in [3.8, 4) is 11.5 Å². The van der Waals surface area contributed by atoms with Gasteiger partial charge in [0.1, 0.15) is 6.17 Å². The topological polar surface area (TPSA) is 51.1 Å². The van der Waals surface area contributed by atoms with Gasteiger partial charge < -0.3 is 14.4 Å². The summed E-state index contributed by atoms with van der Waals surface area (Å²) < 4.78 is 23.9. The summed E-state index contributed by atoms with van der Waals surface area (Å²) in [6.07, 6.45) is 0.948. The second-order valence-corrected chi connectivity index (χ2v) is 4.86. The predicted octanol–water partition coefficient (Wildman–Crippen LogP) is 1.97. The number of rotatable bonds is 2. The molecule has 5 nitrogen and oxygen atoms in total. The molecule has 2 heterocycles. The summed E-state index contributed by atoms with van der Waals surface area (Å²) in [7, 11) is 3.03. The van der Waals surface area contributed by atoms with Crippen LogP contribution in [0.3, 0.4) is 0 Å². The highest BCUT2D eigenvalue weighted by Gasteiger charge is 2.37. The van der Waals surface area contributed by atoms with Gasteiger partial charge >= 0.3 is 0 Å². The molecular weight excluding hydrogens is 263 g/mol. The van der Waals surface area contributed by atoms with Crippen molar-refractivity contribution >= 4 is 17.8 Å². The molecule has 2 atom stereocenters. The number of fused-ring (bicyclic) bond motifs is 2. The molecule has 106 valence electrons. The molecule has 1 aromatic rings. The van der Waals surface area contributed by atoms with Crippen molar-refractivity contribution in [2.45, 2.75) is 18.6 Å². The molecule has 0 bridgehead atoms. The minimum absolute atomic E-state index is 0.114. The van der Waals surface area contributed by atoms with Crippen molar-refractivity contribution in [3.05, 3.63) is 17.7 Å². The molecule has 20 heavy (non-hydrogen) atoms. The smallest absolute Gasteiger partial charge is 0.256 e. The lowest BCUT2D eigenvalue weighted by atomic mass is 10.1. The lowest BCUT2D eigenvalue weighted by Gasteiger charge is -2.20. The van der Waals surface area contributed by atoms with Crippen LogP contribution in [-0.2, 0) is 0 Å². The average Bonchev–Trinajstić information content (AvgIpc) is 2.79.